The largest absolute Gasteiger partial charge is 0.457 e. The highest BCUT2D eigenvalue weighted by molar-refractivity contribution is 7.89. The fourth-order valence-corrected chi connectivity index (χ4v) is 4.68. The second-order valence-electron chi connectivity index (χ2n) is 8.27. The van der Waals surface area contributed by atoms with Crippen LogP contribution in [0.1, 0.15) is 39.4 Å². The number of nitrogens with zero attached hydrogens (tertiary/aromatic N) is 4. The van der Waals surface area contributed by atoms with E-state index < -0.39 is 21.9 Å². The molecule has 0 radical (unpaired) electrons. The third kappa shape index (κ3) is 4.59. The first kappa shape index (κ1) is 23.2. The van der Waals surface area contributed by atoms with Crippen LogP contribution in [0.3, 0.4) is 0 Å². The maximum atomic E-state index is 12.6. The molecule has 1 aromatic heterocycles. The van der Waals surface area contributed by atoms with Crippen LogP contribution in [0.4, 0.5) is 0 Å². The van der Waals surface area contributed by atoms with Crippen molar-refractivity contribution in [1.82, 2.24) is 18.8 Å². The van der Waals surface area contributed by atoms with Gasteiger partial charge in [-0.1, -0.05) is 6.92 Å². The number of sulfonamides is 1. The predicted molar refractivity (Wildman–Crippen MR) is 116 cm³/mol. The zero-order valence-electron chi connectivity index (χ0n) is 18.7. The third-order valence-electron chi connectivity index (χ3n) is 5.48. The fraction of sp³-hybridized carbons (Fsp3) is 0.571. The van der Waals surface area contributed by atoms with Crippen LogP contribution in [0.2, 0.25) is 0 Å². The summed E-state index contributed by atoms with van der Waals surface area (Å²) in [5.41, 5.74) is 1.32. The van der Waals surface area contributed by atoms with Gasteiger partial charge in [0.2, 0.25) is 15.9 Å². The van der Waals surface area contributed by atoms with Crippen molar-refractivity contribution in [2.24, 2.45) is 5.92 Å². The van der Waals surface area contributed by atoms with Gasteiger partial charge in [-0.3, -0.25) is 9.59 Å². The van der Waals surface area contributed by atoms with E-state index in [-0.39, 0.29) is 29.9 Å². The van der Waals surface area contributed by atoms with E-state index in [9.17, 15) is 18.0 Å². The number of esters is 1. The van der Waals surface area contributed by atoms with E-state index in [0.29, 0.717) is 24.4 Å². The minimum absolute atomic E-state index is 0.0321. The van der Waals surface area contributed by atoms with Crippen molar-refractivity contribution < 1.29 is 22.7 Å². The Morgan fingerprint density at radius 3 is 2.61 bits per heavy atom. The average molecular weight is 451 g/mol. The lowest BCUT2D eigenvalue weighted by atomic mass is 10.1. The molecule has 1 fully saturated rings. The Kier molecular flexibility index (Phi) is 6.70. The maximum Gasteiger partial charge on any atom is 0.311 e. The normalized spacial score (nSPS) is 17.3. The van der Waals surface area contributed by atoms with Crippen molar-refractivity contribution in [3.8, 4) is 0 Å². The Bertz CT molecular complexity index is 1090. The van der Waals surface area contributed by atoms with Crippen LogP contribution in [-0.4, -0.2) is 65.7 Å². The molecule has 1 amide bonds. The number of hydrogen-bond acceptors (Lipinski definition) is 6. The molecule has 0 N–H and O–H groups in total. The van der Waals surface area contributed by atoms with Crippen LogP contribution in [0.5, 0.6) is 0 Å². The zero-order valence-corrected chi connectivity index (χ0v) is 19.5. The molecule has 2 heterocycles. The van der Waals surface area contributed by atoms with E-state index in [1.165, 1.54) is 20.2 Å². The van der Waals surface area contributed by atoms with Gasteiger partial charge < -0.3 is 14.2 Å². The molecule has 1 saturated heterocycles. The van der Waals surface area contributed by atoms with Crippen molar-refractivity contribution in [3.05, 3.63) is 24.0 Å². The third-order valence-corrected chi connectivity index (χ3v) is 7.29. The lowest BCUT2D eigenvalue weighted by molar-refractivity contribution is -0.150. The van der Waals surface area contributed by atoms with E-state index in [2.05, 4.69) is 4.98 Å². The lowest BCUT2D eigenvalue weighted by Gasteiger charge is -2.20. The highest BCUT2D eigenvalue weighted by Gasteiger charge is 2.36. The number of benzene rings is 1. The Morgan fingerprint density at radius 1 is 1.32 bits per heavy atom. The Hall–Kier alpha value is -2.46. The summed E-state index contributed by atoms with van der Waals surface area (Å²) >= 11 is 0. The van der Waals surface area contributed by atoms with E-state index in [0.717, 1.165) is 16.2 Å². The van der Waals surface area contributed by atoms with E-state index in [1.807, 2.05) is 25.3 Å². The molecule has 1 aromatic carbocycles. The molecular weight excluding hydrogens is 420 g/mol. The Labute approximate surface area is 183 Å². The zero-order chi connectivity index (χ0) is 22.9. The molecule has 31 heavy (non-hydrogen) atoms. The molecule has 2 aromatic rings. The molecule has 1 aliphatic heterocycles. The first-order valence-electron chi connectivity index (χ1n) is 10.4. The molecule has 0 aliphatic carbocycles. The van der Waals surface area contributed by atoms with Crippen molar-refractivity contribution in [3.63, 3.8) is 0 Å². The number of amides is 1. The summed E-state index contributed by atoms with van der Waals surface area (Å²) in [5.74, 6) is -0.377. The number of aryl methyl sites for hydroxylation is 1. The van der Waals surface area contributed by atoms with Crippen LogP contribution in [0.25, 0.3) is 11.0 Å². The number of hydrogen-bond donors (Lipinski definition) is 0. The van der Waals surface area contributed by atoms with Crippen LogP contribution in [-0.2, 0) is 37.5 Å². The summed E-state index contributed by atoms with van der Waals surface area (Å²) in [5, 5.41) is 0. The summed E-state index contributed by atoms with van der Waals surface area (Å²) in [6, 6.07) is 4.88. The van der Waals surface area contributed by atoms with E-state index in [1.54, 1.807) is 17.0 Å². The molecule has 1 aliphatic rings. The second kappa shape index (κ2) is 8.96. The summed E-state index contributed by atoms with van der Waals surface area (Å²) in [7, 11) is -0.616. The molecular formula is C21H30N4O5S. The van der Waals surface area contributed by atoms with Crippen molar-refractivity contribution >= 4 is 32.9 Å². The fourth-order valence-electron chi connectivity index (χ4n) is 3.76. The predicted octanol–water partition coefficient (Wildman–Crippen LogP) is 2.00. The number of carbonyl (C=O) groups excluding carboxylic acids is 2. The van der Waals surface area contributed by atoms with E-state index >= 15 is 0 Å². The van der Waals surface area contributed by atoms with Crippen LogP contribution >= 0.6 is 0 Å². The van der Waals surface area contributed by atoms with Gasteiger partial charge in [0.25, 0.3) is 0 Å². The van der Waals surface area contributed by atoms with Crippen molar-refractivity contribution in [2.75, 3.05) is 20.6 Å². The van der Waals surface area contributed by atoms with Gasteiger partial charge in [0.15, 0.2) is 0 Å². The molecule has 3 rings (SSSR count). The SMILES string of the molecule is CCCn1c(COC(=O)C2CC(=O)N(C(C)C)C2)nc2cc(S(=O)(=O)N(C)C)ccc21. The van der Waals surface area contributed by atoms with Gasteiger partial charge in [-0.15, -0.1) is 0 Å². The number of rotatable bonds is 8. The molecule has 1 unspecified atom stereocenters. The average Bonchev–Trinajstić information content (AvgIpc) is 3.26. The van der Waals surface area contributed by atoms with E-state index in [4.69, 9.17) is 4.74 Å². The standard InChI is InChI=1S/C21H30N4O5S/c1-6-9-24-18-8-7-16(31(28,29)23(4)5)11-17(18)22-19(24)13-30-21(27)15-10-20(26)25(12-15)14(2)3/h7-8,11,14-15H,6,9-10,12-13H2,1-5H3. The summed E-state index contributed by atoms with van der Waals surface area (Å²) < 4.78 is 33.5. The molecule has 1 atom stereocenters. The number of carbonyl (C=O) groups is 2. The number of aromatic nitrogens is 2. The first-order valence-corrected chi connectivity index (χ1v) is 11.9. The minimum atomic E-state index is -3.58. The van der Waals surface area contributed by atoms with Gasteiger partial charge >= 0.3 is 5.97 Å². The van der Waals surface area contributed by atoms with Gasteiger partial charge in [0, 0.05) is 39.6 Å². The van der Waals surface area contributed by atoms with Gasteiger partial charge in [0.05, 0.1) is 21.8 Å². The number of ether oxygens (including phenoxy) is 1. The van der Waals surface area contributed by atoms with Gasteiger partial charge in [-0.2, -0.15) is 0 Å². The smallest absolute Gasteiger partial charge is 0.311 e. The molecule has 0 saturated carbocycles. The minimum Gasteiger partial charge on any atom is -0.457 e. The number of likely N-dealkylation sites (tertiary alicyclic amines) is 1. The van der Waals surface area contributed by atoms with Gasteiger partial charge in [-0.05, 0) is 38.5 Å². The molecule has 9 nitrogen and oxygen atoms in total. The first-order chi connectivity index (χ1) is 14.6. The van der Waals surface area contributed by atoms with Crippen molar-refractivity contribution in [2.45, 2.75) is 57.7 Å². The quantitative estimate of drug-likeness (QED) is 0.570. The Balaban J connectivity index is 1.82. The number of fused-ring (bicyclic) bond motifs is 1. The lowest BCUT2D eigenvalue weighted by Crippen LogP contribution is -2.33. The van der Waals surface area contributed by atoms with Crippen molar-refractivity contribution in [1.29, 1.82) is 0 Å². The summed E-state index contributed by atoms with van der Waals surface area (Å²) in [6.07, 6.45) is 0.999. The highest BCUT2D eigenvalue weighted by atomic mass is 32.2. The summed E-state index contributed by atoms with van der Waals surface area (Å²) in [6.45, 7) is 6.86. The molecule has 0 bridgehead atoms. The molecule has 170 valence electrons. The maximum absolute atomic E-state index is 12.6. The molecule has 10 heteroatoms. The van der Waals surface area contributed by atoms with Crippen LogP contribution < -0.4 is 0 Å². The van der Waals surface area contributed by atoms with Crippen LogP contribution in [0.15, 0.2) is 23.1 Å². The summed E-state index contributed by atoms with van der Waals surface area (Å²) in [4.78, 5) is 31.0. The highest BCUT2D eigenvalue weighted by Crippen LogP contribution is 2.24. The monoisotopic (exact) mass is 450 g/mol. The topological polar surface area (TPSA) is 102 Å². The molecule has 0 spiro atoms. The second-order valence-corrected chi connectivity index (χ2v) is 10.4. The number of imidazole rings is 1. The van der Waals surface area contributed by atoms with Crippen LogP contribution in [0, 0.1) is 5.92 Å². The van der Waals surface area contributed by atoms with Gasteiger partial charge in [0.1, 0.15) is 12.4 Å². The van der Waals surface area contributed by atoms with Gasteiger partial charge in [-0.25, -0.2) is 17.7 Å². The Morgan fingerprint density at radius 2 is 2.03 bits per heavy atom.